The molecule has 1 aliphatic heterocycles. The van der Waals surface area contributed by atoms with Crippen LogP contribution in [0, 0.1) is 0 Å². The van der Waals surface area contributed by atoms with E-state index in [-0.39, 0.29) is 12.2 Å². The molecule has 1 saturated heterocycles. The van der Waals surface area contributed by atoms with Gasteiger partial charge in [-0.3, -0.25) is 0 Å². The Labute approximate surface area is 108 Å². The second-order valence-corrected chi connectivity index (χ2v) is 5.20. The van der Waals surface area contributed by atoms with Crippen molar-refractivity contribution in [2.24, 2.45) is 0 Å². The van der Waals surface area contributed by atoms with Gasteiger partial charge in [-0.1, -0.05) is 0 Å². The zero-order chi connectivity index (χ0) is 13.4. The Morgan fingerprint density at radius 3 is 2.72 bits per heavy atom. The van der Waals surface area contributed by atoms with Crippen LogP contribution in [0.3, 0.4) is 0 Å². The van der Waals surface area contributed by atoms with Gasteiger partial charge in [-0.05, 0) is 20.8 Å². The fourth-order valence-corrected chi connectivity index (χ4v) is 1.48. The van der Waals surface area contributed by atoms with Crippen LogP contribution in [0.2, 0.25) is 0 Å². The summed E-state index contributed by atoms with van der Waals surface area (Å²) in [5.41, 5.74) is -0.454. The lowest BCUT2D eigenvalue weighted by atomic mass is 10.2. The smallest absolute Gasteiger partial charge is 0.407 e. The summed E-state index contributed by atoms with van der Waals surface area (Å²) in [6, 6.07) is 0. The van der Waals surface area contributed by atoms with Crippen molar-refractivity contribution in [2.75, 3.05) is 39.5 Å². The number of nitrogens with one attached hydrogen (secondary N) is 2. The van der Waals surface area contributed by atoms with Gasteiger partial charge in [-0.25, -0.2) is 4.79 Å². The third-order valence-corrected chi connectivity index (χ3v) is 2.23. The third-order valence-electron chi connectivity index (χ3n) is 2.23. The van der Waals surface area contributed by atoms with Gasteiger partial charge < -0.3 is 24.8 Å². The highest BCUT2D eigenvalue weighted by Gasteiger charge is 2.16. The summed E-state index contributed by atoms with van der Waals surface area (Å²) < 4.78 is 15.9. The molecule has 106 valence electrons. The fraction of sp³-hybridized carbons (Fsp3) is 0.917. The lowest BCUT2D eigenvalue weighted by Crippen LogP contribution is -2.41. The van der Waals surface area contributed by atoms with E-state index >= 15 is 0 Å². The Balaban J connectivity index is 1.96. The molecule has 1 heterocycles. The molecule has 6 heteroatoms. The Bertz CT molecular complexity index is 247. The second kappa shape index (κ2) is 7.56. The van der Waals surface area contributed by atoms with Gasteiger partial charge in [0.1, 0.15) is 5.60 Å². The first-order valence-electron chi connectivity index (χ1n) is 6.34. The van der Waals surface area contributed by atoms with Gasteiger partial charge in [0.2, 0.25) is 0 Å². The maximum Gasteiger partial charge on any atom is 0.407 e. The van der Waals surface area contributed by atoms with Gasteiger partial charge in [0.25, 0.3) is 0 Å². The second-order valence-electron chi connectivity index (χ2n) is 5.20. The summed E-state index contributed by atoms with van der Waals surface area (Å²) in [6.07, 6.45) is -0.276. The molecule has 2 N–H and O–H groups in total. The van der Waals surface area contributed by atoms with Crippen LogP contribution in [0.4, 0.5) is 4.79 Å². The van der Waals surface area contributed by atoms with Crippen LogP contribution in [-0.4, -0.2) is 57.3 Å². The number of amides is 1. The monoisotopic (exact) mass is 260 g/mol. The average Bonchev–Trinajstić information content (AvgIpc) is 2.27. The van der Waals surface area contributed by atoms with Crippen LogP contribution in [0.15, 0.2) is 0 Å². The van der Waals surface area contributed by atoms with Crippen molar-refractivity contribution in [3.8, 4) is 0 Å². The van der Waals surface area contributed by atoms with Gasteiger partial charge in [-0.15, -0.1) is 0 Å². The summed E-state index contributed by atoms with van der Waals surface area (Å²) in [6.45, 7) is 9.42. The van der Waals surface area contributed by atoms with Crippen molar-refractivity contribution in [1.29, 1.82) is 0 Å². The average molecular weight is 260 g/mol. The molecule has 1 fully saturated rings. The van der Waals surface area contributed by atoms with Gasteiger partial charge in [-0.2, -0.15) is 0 Å². The molecule has 0 aromatic heterocycles. The number of rotatable bonds is 5. The predicted molar refractivity (Wildman–Crippen MR) is 67.7 cm³/mol. The first kappa shape index (κ1) is 15.2. The minimum atomic E-state index is -0.454. The minimum absolute atomic E-state index is 0.111. The molecule has 1 rings (SSSR count). The maximum absolute atomic E-state index is 11.3. The lowest BCUT2D eigenvalue weighted by Gasteiger charge is -2.23. The molecular formula is C12H24N2O4. The van der Waals surface area contributed by atoms with Gasteiger partial charge >= 0.3 is 6.09 Å². The Morgan fingerprint density at radius 1 is 1.33 bits per heavy atom. The van der Waals surface area contributed by atoms with E-state index in [2.05, 4.69) is 10.6 Å². The molecular weight excluding hydrogens is 236 g/mol. The number of alkyl carbamates (subject to hydrolysis) is 1. The Kier molecular flexibility index (Phi) is 6.38. The van der Waals surface area contributed by atoms with Crippen molar-refractivity contribution >= 4 is 6.09 Å². The highest BCUT2D eigenvalue weighted by Crippen LogP contribution is 2.06. The fourth-order valence-electron chi connectivity index (χ4n) is 1.48. The van der Waals surface area contributed by atoms with Crippen LogP contribution in [-0.2, 0) is 14.2 Å². The molecule has 0 radical (unpaired) electrons. The molecule has 1 unspecified atom stereocenters. The number of carbonyl (C=O) groups excluding carboxylic acids is 1. The normalized spacial score (nSPS) is 20.5. The number of hydrogen-bond donors (Lipinski definition) is 2. The van der Waals surface area contributed by atoms with Gasteiger partial charge in [0, 0.05) is 19.6 Å². The van der Waals surface area contributed by atoms with E-state index in [1.807, 2.05) is 20.8 Å². The number of hydrogen-bond acceptors (Lipinski definition) is 5. The van der Waals surface area contributed by atoms with E-state index < -0.39 is 5.60 Å². The maximum atomic E-state index is 11.3. The van der Waals surface area contributed by atoms with E-state index in [4.69, 9.17) is 14.2 Å². The van der Waals surface area contributed by atoms with Crippen LogP contribution in [0.5, 0.6) is 0 Å². The molecule has 0 aromatic rings. The Morgan fingerprint density at radius 2 is 2.11 bits per heavy atom. The van der Waals surface area contributed by atoms with Crippen LogP contribution in [0.1, 0.15) is 20.8 Å². The van der Waals surface area contributed by atoms with E-state index in [1.54, 1.807) is 0 Å². The summed E-state index contributed by atoms with van der Waals surface area (Å²) >= 11 is 0. The molecule has 1 aliphatic rings. The largest absolute Gasteiger partial charge is 0.444 e. The van der Waals surface area contributed by atoms with Crippen molar-refractivity contribution < 1.29 is 19.0 Å². The standard InChI is InChI=1S/C12H24N2O4/c1-12(2,3)18-11(15)14-5-4-13-8-10-9-16-6-7-17-10/h10,13H,4-9H2,1-3H3,(H,14,15). The summed E-state index contributed by atoms with van der Waals surface area (Å²) in [5, 5.41) is 5.88. The summed E-state index contributed by atoms with van der Waals surface area (Å²) in [5.74, 6) is 0. The zero-order valence-corrected chi connectivity index (χ0v) is 11.5. The predicted octanol–water partition coefficient (Wildman–Crippen LogP) is 0.516. The Hall–Kier alpha value is -0.850. The molecule has 6 nitrogen and oxygen atoms in total. The first-order valence-corrected chi connectivity index (χ1v) is 6.34. The quantitative estimate of drug-likeness (QED) is 0.705. The molecule has 0 spiro atoms. The van der Waals surface area contributed by atoms with Crippen molar-refractivity contribution in [3.63, 3.8) is 0 Å². The molecule has 0 bridgehead atoms. The van der Waals surface area contributed by atoms with E-state index in [9.17, 15) is 4.79 Å². The van der Waals surface area contributed by atoms with E-state index in [0.29, 0.717) is 32.9 Å². The van der Waals surface area contributed by atoms with Crippen molar-refractivity contribution in [2.45, 2.75) is 32.5 Å². The van der Waals surface area contributed by atoms with E-state index in [0.717, 1.165) is 6.54 Å². The molecule has 1 atom stereocenters. The highest BCUT2D eigenvalue weighted by molar-refractivity contribution is 5.67. The van der Waals surface area contributed by atoms with Crippen LogP contribution < -0.4 is 10.6 Å². The topological polar surface area (TPSA) is 68.8 Å². The van der Waals surface area contributed by atoms with Crippen LogP contribution >= 0.6 is 0 Å². The number of ether oxygens (including phenoxy) is 3. The molecule has 0 saturated carbocycles. The lowest BCUT2D eigenvalue weighted by molar-refractivity contribution is -0.0862. The van der Waals surface area contributed by atoms with Gasteiger partial charge in [0.05, 0.1) is 25.9 Å². The van der Waals surface area contributed by atoms with E-state index in [1.165, 1.54) is 0 Å². The van der Waals surface area contributed by atoms with Gasteiger partial charge in [0.15, 0.2) is 0 Å². The zero-order valence-electron chi connectivity index (χ0n) is 11.5. The first-order chi connectivity index (χ1) is 8.47. The van der Waals surface area contributed by atoms with Crippen molar-refractivity contribution in [1.82, 2.24) is 10.6 Å². The molecule has 0 aromatic carbocycles. The minimum Gasteiger partial charge on any atom is -0.444 e. The highest BCUT2D eigenvalue weighted by atomic mass is 16.6. The summed E-state index contributed by atoms with van der Waals surface area (Å²) in [7, 11) is 0. The number of carbonyl (C=O) groups is 1. The SMILES string of the molecule is CC(C)(C)OC(=O)NCCNCC1COCCO1. The van der Waals surface area contributed by atoms with Crippen molar-refractivity contribution in [3.05, 3.63) is 0 Å². The molecule has 1 amide bonds. The molecule has 0 aliphatic carbocycles. The summed E-state index contributed by atoms with van der Waals surface area (Å²) in [4.78, 5) is 11.3. The van der Waals surface area contributed by atoms with Crippen LogP contribution in [0.25, 0.3) is 0 Å². The third kappa shape index (κ3) is 7.47. The molecule has 18 heavy (non-hydrogen) atoms.